The van der Waals surface area contributed by atoms with Crippen LogP contribution in [-0.2, 0) is 6.54 Å². The number of hydrogen-bond acceptors (Lipinski definition) is 4. The molecule has 0 atom stereocenters. The highest BCUT2D eigenvalue weighted by molar-refractivity contribution is 5.44. The van der Waals surface area contributed by atoms with Crippen LogP contribution in [-0.4, -0.2) is 15.6 Å². The molecule has 1 aromatic heterocycles. The summed E-state index contributed by atoms with van der Waals surface area (Å²) in [6.07, 6.45) is 4.06. The van der Waals surface area contributed by atoms with E-state index in [0.717, 1.165) is 12.2 Å². The third kappa shape index (κ3) is 2.40. The average molecular weight is 263 g/mol. The summed E-state index contributed by atoms with van der Waals surface area (Å²) < 4.78 is 1.64. The number of benzene rings is 1. The highest BCUT2D eigenvalue weighted by atomic mass is 15.1. The van der Waals surface area contributed by atoms with Crippen LogP contribution in [0.2, 0.25) is 0 Å². The summed E-state index contributed by atoms with van der Waals surface area (Å²) >= 11 is 0. The van der Waals surface area contributed by atoms with Crippen molar-refractivity contribution in [2.75, 3.05) is 0 Å². The zero-order valence-electron chi connectivity index (χ0n) is 10.9. The van der Waals surface area contributed by atoms with Gasteiger partial charge in [0.05, 0.1) is 0 Å². The van der Waals surface area contributed by atoms with Gasteiger partial charge in [-0.2, -0.15) is 10.5 Å². The first-order valence-electron chi connectivity index (χ1n) is 6.52. The third-order valence-electron chi connectivity index (χ3n) is 3.37. The smallest absolute Gasteiger partial charge is 0.177 e. The molecule has 1 heterocycles. The number of rotatable bonds is 4. The first kappa shape index (κ1) is 12.4. The summed E-state index contributed by atoms with van der Waals surface area (Å²) in [5.41, 5.74) is 2.48. The Morgan fingerprint density at radius 3 is 2.55 bits per heavy atom. The summed E-state index contributed by atoms with van der Waals surface area (Å²) in [6.45, 7) is 0.865. The zero-order chi connectivity index (χ0) is 13.9. The standard InChI is InChI=1S/C15H13N5/c16-7-14-15(8-17)20(10-19-14)13-5-1-11(2-6-13)9-18-12-3-4-12/h1-2,5-6,10,12,18H,3-4,9H2. The maximum Gasteiger partial charge on any atom is 0.177 e. The van der Waals surface area contributed by atoms with E-state index in [0.29, 0.717) is 6.04 Å². The zero-order valence-corrected chi connectivity index (χ0v) is 10.9. The van der Waals surface area contributed by atoms with Gasteiger partial charge < -0.3 is 5.32 Å². The lowest BCUT2D eigenvalue weighted by atomic mass is 10.2. The van der Waals surface area contributed by atoms with Gasteiger partial charge in [-0.1, -0.05) is 12.1 Å². The Morgan fingerprint density at radius 1 is 1.20 bits per heavy atom. The van der Waals surface area contributed by atoms with Crippen molar-refractivity contribution in [1.29, 1.82) is 10.5 Å². The number of aromatic nitrogens is 2. The van der Waals surface area contributed by atoms with E-state index in [1.165, 1.54) is 24.7 Å². The van der Waals surface area contributed by atoms with E-state index in [4.69, 9.17) is 10.5 Å². The van der Waals surface area contributed by atoms with Gasteiger partial charge in [-0.3, -0.25) is 4.57 Å². The summed E-state index contributed by atoms with van der Waals surface area (Å²) in [5, 5.41) is 21.5. The molecule has 1 aliphatic rings. The molecule has 1 aliphatic carbocycles. The number of hydrogen-bond donors (Lipinski definition) is 1. The van der Waals surface area contributed by atoms with Crippen LogP contribution >= 0.6 is 0 Å². The van der Waals surface area contributed by atoms with Crippen LogP contribution in [0.15, 0.2) is 30.6 Å². The first-order chi connectivity index (χ1) is 9.81. The fourth-order valence-corrected chi connectivity index (χ4v) is 2.06. The molecule has 1 saturated carbocycles. The second kappa shape index (κ2) is 5.16. The Hall–Kier alpha value is -2.63. The molecule has 5 heteroatoms. The van der Waals surface area contributed by atoms with Crippen LogP contribution in [0.1, 0.15) is 29.8 Å². The van der Waals surface area contributed by atoms with Gasteiger partial charge in [-0.25, -0.2) is 4.98 Å². The van der Waals surface area contributed by atoms with Crippen LogP contribution in [0.5, 0.6) is 0 Å². The molecule has 1 aromatic carbocycles. The van der Waals surface area contributed by atoms with Gasteiger partial charge in [-0.05, 0) is 30.5 Å². The summed E-state index contributed by atoms with van der Waals surface area (Å²) in [7, 11) is 0. The normalized spacial score (nSPS) is 13.7. The minimum Gasteiger partial charge on any atom is -0.310 e. The van der Waals surface area contributed by atoms with Crippen molar-refractivity contribution >= 4 is 0 Å². The SMILES string of the molecule is N#Cc1ncn(-c2ccc(CNC3CC3)cc2)c1C#N. The van der Waals surface area contributed by atoms with Crippen LogP contribution < -0.4 is 5.32 Å². The quantitative estimate of drug-likeness (QED) is 0.913. The fourth-order valence-electron chi connectivity index (χ4n) is 2.06. The highest BCUT2D eigenvalue weighted by Gasteiger charge is 2.19. The van der Waals surface area contributed by atoms with Gasteiger partial charge >= 0.3 is 0 Å². The second-order valence-electron chi connectivity index (χ2n) is 4.86. The monoisotopic (exact) mass is 263 g/mol. The van der Waals surface area contributed by atoms with Crippen LogP contribution in [0.25, 0.3) is 5.69 Å². The minimum absolute atomic E-state index is 0.159. The molecule has 98 valence electrons. The highest BCUT2D eigenvalue weighted by Crippen LogP contribution is 2.20. The van der Waals surface area contributed by atoms with Gasteiger partial charge in [0.25, 0.3) is 0 Å². The third-order valence-corrected chi connectivity index (χ3v) is 3.37. The lowest BCUT2D eigenvalue weighted by Gasteiger charge is -2.06. The topological polar surface area (TPSA) is 77.4 Å². The molecular weight excluding hydrogens is 250 g/mol. The van der Waals surface area contributed by atoms with Crippen LogP contribution in [0.4, 0.5) is 0 Å². The molecule has 0 amide bonds. The Labute approximate surface area is 117 Å². The summed E-state index contributed by atoms with van der Waals surface area (Å²) in [5.74, 6) is 0. The van der Waals surface area contributed by atoms with E-state index < -0.39 is 0 Å². The van der Waals surface area contributed by atoms with Gasteiger partial charge in [0.2, 0.25) is 0 Å². The predicted molar refractivity (Wildman–Crippen MR) is 72.9 cm³/mol. The Balaban J connectivity index is 1.82. The van der Waals surface area contributed by atoms with Gasteiger partial charge in [0, 0.05) is 18.3 Å². The van der Waals surface area contributed by atoms with E-state index in [-0.39, 0.29) is 11.4 Å². The maximum absolute atomic E-state index is 9.12. The van der Waals surface area contributed by atoms with Gasteiger partial charge in [-0.15, -0.1) is 0 Å². The molecule has 0 spiro atoms. The van der Waals surface area contributed by atoms with Crippen molar-refractivity contribution in [2.24, 2.45) is 0 Å². The van der Waals surface area contributed by atoms with Crippen LogP contribution in [0.3, 0.4) is 0 Å². The molecule has 0 unspecified atom stereocenters. The predicted octanol–water partition coefficient (Wildman–Crippen LogP) is 1.87. The molecule has 3 rings (SSSR count). The first-order valence-corrected chi connectivity index (χ1v) is 6.52. The Morgan fingerprint density at radius 2 is 1.95 bits per heavy atom. The Bertz CT molecular complexity index is 695. The number of nitriles is 2. The number of imidazole rings is 1. The van der Waals surface area contributed by atoms with E-state index in [9.17, 15) is 0 Å². The lowest BCUT2D eigenvalue weighted by molar-refractivity contribution is 0.687. The van der Waals surface area contributed by atoms with E-state index in [1.807, 2.05) is 36.4 Å². The molecule has 0 saturated heterocycles. The summed E-state index contributed by atoms with van der Waals surface area (Å²) in [6, 6.07) is 12.6. The fraction of sp³-hybridized carbons (Fsp3) is 0.267. The largest absolute Gasteiger partial charge is 0.310 e. The molecule has 2 aromatic rings. The molecule has 1 fully saturated rings. The number of nitrogens with one attached hydrogen (secondary N) is 1. The molecule has 20 heavy (non-hydrogen) atoms. The van der Waals surface area contributed by atoms with Gasteiger partial charge in [0.1, 0.15) is 18.5 Å². The van der Waals surface area contributed by atoms with Crippen molar-refractivity contribution in [2.45, 2.75) is 25.4 Å². The van der Waals surface area contributed by atoms with E-state index in [1.54, 1.807) is 4.57 Å². The van der Waals surface area contributed by atoms with Crippen LogP contribution in [0, 0.1) is 22.7 Å². The molecule has 0 radical (unpaired) electrons. The molecule has 1 N–H and O–H groups in total. The van der Waals surface area contributed by atoms with E-state index in [2.05, 4.69) is 10.3 Å². The lowest BCUT2D eigenvalue weighted by Crippen LogP contribution is -2.15. The Kier molecular flexibility index (Phi) is 3.20. The molecule has 0 aliphatic heterocycles. The van der Waals surface area contributed by atoms with Crippen molar-refractivity contribution in [3.63, 3.8) is 0 Å². The summed E-state index contributed by atoms with van der Waals surface area (Å²) in [4.78, 5) is 3.94. The second-order valence-corrected chi connectivity index (χ2v) is 4.86. The molecular formula is C15H13N5. The van der Waals surface area contributed by atoms with Crippen molar-refractivity contribution in [3.8, 4) is 17.8 Å². The van der Waals surface area contributed by atoms with Crippen molar-refractivity contribution in [3.05, 3.63) is 47.5 Å². The molecule has 0 bridgehead atoms. The minimum atomic E-state index is 0.159. The average Bonchev–Trinajstić information content (AvgIpc) is 3.23. The number of nitrogens with zero attached hydrogens (tertiary/aromatic N) is 4. The van der Waals surface area contributed by atoms with Crippen molar-refractivity contribution < 1.29 is 0 Å². The van der Waals surface area contributed by atoms with Gasteiger partial charge in [0.15, 0.2) is 11.4 Å². The maximum atomic E-state index is 9.12. The van der Waals surface area contributed by atoms with E-state index >= 15 is 0 Å². The van der Waals surface area contributed by atoms with Crippen molar-refractivity contribution in [1.82, 2.24) is 14.9 Å². The molecule has 5 nitrogen and oxygen atoms in total.